The van der Waals surface area contributed by atoms with Crippen LogP contribution in [0.25, 0.3) is 0 Å². The highest BCUT2D eigenvalue weighted by Crippen LogP contribution is 2.01. The number of ether oxygens (including phenoxy) is 2. The van der Waals surface area contributed by atoms with Crippen molar-refractivity contribution in [1.29, 1.82) is 0 Å². The summed E-state index contributed by atoms with van der Waals surface area (Å²) in [5.74, 6) is -0.167. The third-order valence-electron chi connectivity index (χ3n) is 2.18. The average molecular weight is 203 g/mol. The molecule has 0 aromatic heterocycles. The summed E-state index contributed by atoms with van der Waals surface area (Å²) >= 11 is 0. The van der Waals surface area contributed by atoms with Crippen molar-refractivity contribution in [2.45, 2.75) is 26.3 Å². The summed E-state index contributed by atoms with van der Waals surface area (Å²) in [6.45, 7) is 5.39. The Morgan fingerprint density at radius 3 is 2.64 bits per heavy atom. The van der Waals surface area contributed by atoms with Gasteiger partial charge in [-0.2, -0.15) is 0 Å². The summed E-state index contributed by atoms with van der Waals surface area (Å²) in [5, 5.41) is 0. The predicted molar refractivity (Wildman–Crippen MR) is 55.2 cm³/mol. The van der Waals surface area contributed by atoms with Crippen LogP contribution >= 0.6 is 0 Å². The third kappa shape index (κ3) is 5.94. The van der Waals surface area contributed by atoms with Crippen molar-refractivity contribution in [3.8, 4) is 0 Å². The predicted octanol–water partition coefficient (Wildman–Crippen LogP) is 0.906. The van der Waals surface area contributed by atoms with Crippen molar-refractivity contribution in [2.24, 2.45) is 0 Å². The monoisotopic (exact) mass is 203 g/mol. The van der Waals surface area contributed by atoms with Crippen LogP contribution in [0.4, 0.5) is 0 Å². The first-order chi connectivity index (χ1) is 6.61. The van der Waals surface area contributed by atoms with Crippen LogP contribution in [0.1, 0.15) is 20.3 Å². The summed E-state index contributed by atoms with van der Waals surface area (Å²) in [5.41, 5.74) is 0. The number of methoxy groups -OCH3 is 1. The lowest BCUT2D eigenvalue weighted by atomic mass is 10.2. The fourth-order valence-corrected chi connectivity index (χ4v) is 1.07. The second kappa shape index (κ2) is 7.76. The zero-order chi connectivity index (χ0) is 11.0. The maximum atomic E-state index is 11.1. The number of hydrogen-bond donors (Lipinski definition) is 0. The number of hydrogen-bond acceptors (Lipinski definition) is 4. The Labute approximate surface area is 86.2 Å². The molecule has 14 heavy (non-hydrogen) atoms. The Morgan fingerprint density at radius 2 is 2.14 bits per heavy atom. The van der Waals surface area contributed by atoms with E-state index < -0.39 is 0 Å². The molecule has 0 aliphatic carbocycles. The molecule has 4 nitrogen and oxygen atoms in total. The van der Waals surface area contributed by atoms with Crippen LogP contribution in [-0.2, 0) is 14.3 Å². The fourth-order valence-electron chi connectivity index (χ4n) is 1.07. The van der Waals surface area contributed by atoms with Gasteiger partial charge in [-0.3, -0.25) is 9.69 Å². The van der Waals surface area contributed by atoms with Crippen molar-refractivity contribution in [1.82, 2.24) is 4.90 Å². The summed E-state index contributed by atoms with van der Waals surface area (Å²) in [6, 6.07) is 0.333. The highest BCUT2D eigenvalue weighted by atomic mass is 16.5. The van der Waals surface area contributed by atoms with Crippen LogP contribution in [0, 0.1) is 0 Å². The molecule has 0 rings (SSSR count). The lowest BCUT2D eigenvalue weighted by molar-refractivity contribution is -0.144. The van der Waals surface area contributed by atoms with Gasteiger partial charge >= 0.3 is 5.97 Å². The van der Waals surface area contributed by atoms with E-state index in [1.807, 2.05) is 18.9 Å². The topological polar surface area (TPSA) is 38.8 Å². The first-order valence-electron chi connectivity index (χ1n) is 4.96. The van der Waals surface area contributed by atoms with Gasteiger partial charge in [-0.05, 0) is 27.3 Å². The molecule has 0 amide bonds. The van der Waals surface area contributed by atoms with E-state index in [9.17, 15) is 4.79 Å². The lowest BCUT2D eigenvalue weighted by Crippen LogP contribution is -2.35. The number of carbonyl (C=O) groups is 1. The second-order valence-corrected chi connectivity index (χ2v) is 3.35. The van der Waals surface area contributed by atoms with Crippen LogP contribution in [-0.4, -0.2) is 50.8 Å². The zero-order valence-electron chi connectivity index (χ0n) is 9.58. The lowest BCUT2D eigenvalue weighted by Gasteiger charge is -2.23. The average Bonchev–Trinajstić information content (AvgIpc) is 2.14. The Bertz CT molecular complexity index is 161. The number of carbonyl (C=O) groups excluding carboxylic acids is 1. The van der Waals surface area contributed by atoms with Crippen LogP contribution in [0.2, 0.25) is 0 Å². The highest BCUT2D eigenvalue weighted by molar-refractivity contribution is 5.71. The molecule has 0 aliphatic heterocycles. The van der Waals surface area contributed by atoms with Crippen LogP contribution in [0.15, 0.2) is 0 Å². The maximum absolute atomic E-state index is 11.1. The molecule has 0 saturated carbocycles. The number of esters is 1. The van der Waals surface area contributed by atoms with Crippen molar-refractivity contribution in [2.75, 3.05) is 33.9 Å². The van der Waals surface area contributed by atoms with Crippen molar-refractivity contribution < 1.29 is 14.3 Å². The normalized spacial score (nSPS) is 12.9. The molecule has 0 bridgehead atoms. The highest BCUT2D eigenvalue weighted by Gasteiger charge is 2.12. The fraction of sp³-hybridized carbons (Fsp3) is 0.900. The van der Waals surface area contributed by atoms with Gasteiger partial charge in [-0.25, -0.2) is 0 Å². The zero-order valence-corrected chi connectivity index (χ0v) is 9.58. The van der Waals surface area contributed by atoms with Crippen molar-refractivity contribution in [3.05, 3.63) is 0 Å². The van der Waals surface area contributed by atoms with E-state index in [2.05, 4.69) is 6.92 Å². The summed E-state index contributed by atoms with van der Waals surface area (Å²) in [6.07, 6.45) is 0.923. The molecule has 0 aromatic rings. The van der Waals surface area contributed by atoms with Crippen LogP contribution in [0.3, 0.4) is 0 Å². The first kappa shape index (κ1) is 13.4. The van der Waals surface area contributed by atoms with Gasteiger partial charge in [0.2, 0.25) is 0 Å². The largest absolute Gasteiger partial charge is 0.465 e. The Balaban J connectivity index is 3.70. The Kier molecular flexibility index (Phi) is 7.42. The van der Waals surface area contributed by atoms with E-state index in [4.69, 9.17) is 9.47 Å². The quantitative estimate of drug-likeness (QED) is 0.576. The van der Waals surface area contributed by atoms with Gasteiger partial charge in [0, 0.05) is 19.8 Å². The number of nitrogens with zero attached hydrogens (tertiary/aromatic N) is 1. The molecule has 1 atom stereocenters. The standard InChI is InChI=1S/C10H21NO3/c1-5-14-10(12)8-11(3)9(2)6-7-13-4/h9H,5-8H2,1-4H3. The summed E-state index contributed by atoms with van der Waals surface area (Å²) in [7, 11) is 3.59. The number of likely N-dealkylation sites (N-methyl/N-ethyl adjacent to an activating group) is 1. The van der Waals surface area contributed by atoms with E-state index in [1.54, 1.807) is 7.11 Å². The smallest absolute Gasteiger partial charge is 0.320 e. The molecule has 1 unspecified atom stereocenters. The molecule has 84 valence electrons. The minimum atomic E-state index is -0.167. The molecule has 0 N–H and O–H groups in total. The van der Waals surface area contributed by atoms with E-state index in [0.717, 1.165) is 6.42 Å². The van der Waals surface area contributed by atoms with Gasteiger partial charge in [0.1, 0.15) is 0 Å². The summed E-state index contributed by atoms with van der Waals surface area (Å²) in [4.78, 5) is 13.1. The van der Waals surface area contributed by atoms with Gasteiger partial charge in [0.25, 0.3) is 0 Å². The molecule has 0 radical (unpaired) electrons. The molecular weight excluding hydrogens is 182 g/mol. The van der Waals surface area contributed by atoms with Crippen LogP contribution in [0.5, 0.6) is 0 Å². The molecular formula is C10H21NO3. The number of rotatable bonds is 7. The molecule has 0 aliphatic rings. The second-order valence-electron chi connectivity index (χ2n) is 3.35. The van der Waals surface area contributed by atoms with Gasteiger partial charge in [0.15, 0.2) is 0 Å². The Morgan fingerprint density at radius 1 is 1.50 bits per heavy atom. The van der Waals surface area contributed by atoms with Gasteiger partial charge in [0.05, 0.1) is 13.2 Å². The molecule has 0 aromatic carbocycles. The third-order valence-corrected chi connectivity index (χ3v) is 2.18. The molecule has 0 spiro atoms. The van der Waals surface area contributed by atoms with Gasteiger partial charge in [-0.15, -0.1) is 0 Å². The molecule has 0 heterocycles. The molecule has 0 fully saturated rings. The van der Waals surface area contributed by atoms with E-state index in [1.165, 1.54) is 0 Å². The van der Waals surface area contributed by atoms with Crippen molar-refractivity contribution >= 4 is 5.97 Å². The van der Waals surface area contributed by atoms with Crippen molar-refractivity contribution in [3.63, 3.8) is 0 Å². The first-order valence-corrected chi connectivity index (χ1v) is 4.96. The van der Waals surface area contributed by atoms with E-state index in [-0.39, 0.29) is 5.97 Å². The Hall–Kier alpha value is -0.610. The van der Waals surface area contributed by atoms with E-state index in [0.29, 0.717) is 25.8 Å². The van der Waals surface area contributed by atoms with E-state index >= 15 is 0 Å². The minimum Gasteiger partial charge on any atom is -0.465 e. The maximum Gasteiger partial charge on any atom is 0.320 e. The molecule has 4 heteroatoms. The van der Waals surface area contributed by atoms with Crippen LogP contribution < -0.4 is 0 Å². The SMILES string of the molecule is CCOC(=O)CN(C)C(C)CCOC. The molecule has 0 saturated heterocycles. The summed E-state index contributed by atoms with van der Waals surface area (Å²) < 4.78 is 9.83. The van der Waals surface area contributed by atoms with Gasteiger partial charge in [-0.1, -0.05) is 0 Å². The van der Waals surface area contributed by atoms with Gasteiger partial charge < -0.3 is 9.47 Å². The minimum absolute atomic E-state index is 0.167.